The van der Waals surface area contributed by atoms with Gasteiger partial charge in [0.2, 0.25) is 5.91 Å². The Morgan fingerprint density at radius 1 is 1.46 bits per heavy atom. The molecule has 1 aliphatic heterocycles. The van der Waals surface area contributed by atoms with Gasteiger partial charge in [-0.05, 0) is 38.0 Å². The number of halogens is 1. The Morgan fingerprint density at radius 2 is 2.21 bits per heavy atom. The van der Waals surface area contributed by atoms with Gasteiger partial charge in [-0.15, -0.1) is 23.7 Å². The van der Waals surface area contributed by atoms with E-state index in [4.69, 9.17) is 0 Å². The normalized spacial score (nSPS) is 21.3. The van der Waals surface area contributed by atoms with Gasteiger partial charge in [-0.3, -0.25) is 9.48 Å². The lowest BCUT2D eigenvalue weighted by Crippen LogP contribution is -2.36. The van der Waals surface area contributed by atoms with Crippen molar-refractivity contribution in [3.05, 3.63) is 39.3 Å². The fraction of sp³-hybridized carbons (Fsp3) is 0.529. The van der Waals surface area contributed by atoms with Gasteiger partial charge in [0, 0.05) is 42.0 Å². The molecule has 0 spiro atoms. The highest BCUT2D eigenvalue weighted by Crippen LogP contribution is 2.30. The minimum atomic E-state index is -0.0401. The number of carbonyl (C=O) groups is 1. The number of hydrogen-bond acceptors (Lipinski definition) is 4. The number of thiophene rings is 1. The second-order valence-corrected chi connectivity index (χ2v) is 7.88. The molecule has 0 bridgehead atoms. The zero-order valence-corrected chi connectivity index (χ0v) is 16.1. The molecule has 7 heteroatoms. The van der Waals surface area contributed by atoms with Crippen LogP contribution in [-0.2, 0) is 11.8 Å². The Balaban J connectivity index is 0.00000208. The van der Waals surface area contributed by atoms with Crippen molar-refractivity contribution in [2.75, 3.05) is 13.1 Å². The third kappa shape index (κ3) is 3.82. The van der Waals surface area contributed by atoms with Crippen LogP contribution in [0.25, 0.3) is 0 Å². The van der Waals surface area contributed by atoms with Crippen molar-refractivity contribution in [2.24, 2.45) is 13.0 Å². The van der Waals surface area contributed by atoms with Gasteiger partial charge in [-0.1, -0.05) is 0 Å². The van der Waals surface area contributed by atoms with E-state index in [1.807, 2.05) is 19.4 Å². The zero-order valence-electron chi connectivity index (χ0n) is 14.5. The van der Waals surface area contributed by atoms with Gasteiger partial charge < -0.3 is 10.6 Å². The Hall–Kier alpha value is -1.37. The molecule has 1 aliphatic rings. The first-order valence-corrected chi connectivity index (χ1v) is 8.84. The molecular weight excluding hydrogens is 344 g/mol. The number of aryl methyl sites for hydroxylation is 3. The van der Waals surface area contributed by atoms with E-state index in [0.29, 0.717) is 0 Å². The molecule has 2 N–H and O–H groups in total. The average Bonchev–Trinajstić information content (AvgIpc) is 3.18. The van der Waals surface area contributed by atoms with Crippen molar-refractivity contribution < 1.29 is 4.79 Å². The molecule has 5 nitrogen and oxygen atoms in total. The summed E-state index contributed by atoms with van der Waals surface area (Å²) in [4.78, 5) is 15.3. The second-order valence-electron chi connectivity index (χ2n) is 6.42. The summed E-state index contributed by atoms with van der Waals surface area (Å²) in [7, 11) is 1.91. The minimum Gasteiger partial charge on any atom is -0.349 e. The molecule has 0 radical (unpaired) electrons. The summed E-state index contributed by atoms with van der Waals surface area (Å²) in [5.41, 5.74) is 2.36. The SMILES string of the molecule is Cc1cc(C(C)NC(=O)[C@H]2CNC[C@@H]2c2cnn(C)c2)c(C)s1.Cl. The first kappa shape index (κ1) is 19.0. The molecule has 1 fully saturated rings. The van der Waals surface area contributed by atoms with Crippen LogP contribution in [0.2, 0.25) is 0 Å². The molecule has 2 aromatic rings. The monoisotopic (exact) mass is 368 g/mol. The lowest BCUT2D eigenvalue weighted by Gasteiger charge is -2.20. The highest BCUT2D eigenvalue weighted by atomic mass is 35.5. The molecular formula is C17H25ClN4OS. The highest BCUT2D eigenvalue weighted by molar-refractivity contribution is 7.12. The van der Waals surface area contributed by atoms with Gasteiger partial charge >= 0.3 is 0 Å². The molecule has 3 atom stereocenters. The molecule has 132 valence electrons. The summed E-state index contributed by atoms with van der Waals surface area (Å²) in [6.07, 6.45) is 3.88. The van der Waals surface area contributed by atoms with E-state index in [-0.39, 0.29) is 36.2 Å². The average molecular weight is 369 g/mol. The predicted molar refractivity (Wildman–Crippen MR) is 99.9 cm³/mol. The number of nitrogens with zero attached hydrogens (tertiary/aromatic N) is 2. The van der Waals surface area contributed by atoms with Crippen molar-refractivity contribution in [1.82, 2.24) is 20.4 Å². The fourth-order valence-corrected chi connectivity index (χ4v) is 4.44. The largest absolute Gasteiger partial charge is 0.349 e. The first-order valence-electron chi connectivity index (χ1n) is 8.02. The van der Waals surface area contributed by atoms with Crippen LogP contribution in [0, 0.1) is 19.8 Å². The maximum Gasteiger partial charge on any atom is 0.225 e. The third-order valence-electron chi connectivity index (χ3n) is 4.61. The van der Waals surface area contributed by atoms with Crippen LogP contribution in [0.4, 0.5) is 0 Å². The molecule has 1 unspecified atom stereocenters. The number of carbonyl (C=O) groups excluding carboxylic acids is 1. The number of nitrogens with one attached hydrogen (secondary N) is 2. The predicted octanol–water partition coefficient (Wildman–Crippen LogP) is 2.70. The molecule has 24 heavy (non-hydrogen) atoms. The van der Waals surface area contributed by atoms with Crippen molar-refractivity contribution in [1.29, 1.82) is 0 Å². The van der Waals surface area contributed by atoms with Crippen LogP contribution < -0.4 is 10.6 Å². The van der Waals surface area contributed by atoms with Crippen molar-refractivity contribution in [3.63, 3.8) is 0 Å². The van der Waals surface area contributed by atoms with E-state index in [9.17, 15) is 4.79 Å². The first-order chi connectivity index (χ1) is 11.0. The molecule has 0 aliphatic carbocycles. The van der Waals surface area contributed by atoms with Gasteiger partial charge in [0.15, 0.2) is 0 Å². The summed E-state index contributed by atoms with van der Waals surface area (Å²) in [6.45, 7) is 7.84. The quantitative estimate of drug-likeness (QED) is 0.872. The Kier molecular flexibility index (Phi) is 6.06. The van der Waals surface area contributed by atoms with Crippen molar-refractivity contribution in [3.8, 4) is 0 Å². The van der Waals surface area contributed by atoms with Crippen LogP contribution in [0.3, 0.4) is 0 Å². The van der Waals surface area contributed by atoms with E-state index < -0.39 is 0 Å². The van der Waals surface area contributed by atoms with Gasteiger partial charge in [0.25, 0.3) is 0 Å². The molecule has 0 saturated carbocycles. The molecule has 3 rings (SSSR count). The van der Waals surface area contributed by atoms with E-state index in [1.54, 1.807) is 16.0 Å². The lowest BCUT2D eigenvalue weighted by molar-refractivity contribution is -0.125. The highest BCUT2D eigenvalue weighted by Gasteiger charge is 2.35. The van der Waals surface area contributed by atoms with E-state index >= 15 is 0 Å². The van der Waals surface area contributed by atoms with Gasteiger partial charge in [-0.2, -0.15) is 5.10 Å². The molecule has 2 aromatic heterocycles. The number of amides is 1. The lowest BCUT2D eigenvalue weighted by atomic mass is 9.90. The molecule has 3 heterocycles. The van der Waals surface area contributed by atoms with E-state index in [1.165, 1.54) is 15.3 Å². The molecule has 1 saturated heterocycles. The number of rotatable bonds is 4. The van der Waals surface area contributed by atoms with E-state index in [2.05, 4.69) is 42.6 Å². The second kappa shape index (κ2) is 7.68. The van der Waals surface area contributed by atoms with Gasteiger partial charge in [0.1, 0.15) is 0 Å². The standard InChI is InChI=1S/C17H24N4OS.ClH/c1-10-5-14(12(3)23-10)11(2)20-17(22)16-8-18-7-15(16)13-6-19-21(4)9-13;/h5-6,9,11,15-16,18H,7-8H2,1-4H3,(H,20,22);1H/t11?,15-,16+;/m1./s1. The summed E-state index contributed by atoms with van der Waals surface area (Å²) in [5, 5.41) is 10.8. The van der Waals surface area contributed by atoms with Crippen molar-refractivity contribution >= 4 is 29.7 Å². The van der Waals surface area contributed by atoms with Crippen LogP contribution in [-0.4, -0.2) is 28.8 Å². The Morgan fingerprint density at radius 3 is 2.79 bits per heavy atom. The topological polar surface area (TPSA) is 59.0 Å². The Bertz CT molecular complexity index is 711. The fourth-order valence-electron chi connectivity index (χ4n) is 3.41. The zero-order chi connectivity index (χ0) is 16.6. The maximum absolute atomic E-state index is 12.8. The third-order valence-corrected chi connectivity index (χ3v) is 5.59. The maximum atomic E-state index is 12.8. The summed E-state index contributed by atoms with van der Waals surface area (Å²) in [5.74, 6) is 0.280. The van der Waals surface area contributed by atoms with Crippen LogP contribution >= 0.6 is 23.7 Å². The van der Waals surface area contributed by atoms with Gasteiger partial charge in [-0.25, -0.2) is 0 Å². The number of aromatic nitrogens is 2. The Labute approximate surface area is 153 Å². The van der Waals surface area contributed by atoms with Crippen LogP contribution in [0.1, 0.15) is 39.8 Å². The number of hydrogen-bond donors (Lipinski definition) is 2. The summed E-state index contributed by atoms with van der Waals surface area (Å²) in [6, 6.07) is 2.22. The van der Waals surface area contributed by atoms with Gasteiger partial charge in [0.05, 0.1) is 18.2 Å². The van der Waals surface area contributed by atoms with Crippen molar-refractivity contribution in [2.45, 2.75) is 32.7 Å². The summed E-state index contributed by atoms with van der Waals surface area (Å²) < 4.78 is 1.79. The minimum absolute atomic E-state index is 0. The smallest absolute Gasteiger partial charge is 0.225 e. The van der Waals surface area contributed by atoms with E-state index in [0.717, 1.165) is 18.7 Å². The van der Waals surface area contributed by atoms with Crippen LogP contribution in [0.5, 0.6) is 0 Å². The summed E-state index contributed by atoms with van der Waals surface area (Å²) >= 11 is 1.78. The molecule has 0 aromatic carbocycles. The molecule has 1 amide bonds. The van der Waals surface area contributed by atoms with Crippen LogP contribution in [0.15, 0.2) is 18.5 Å².